The maximum absolute atomic E-state index is 5.10. The summed E-state index contributed by atoms with van der Waals surface area (Å²) in [6, 6.07) is 30.2. The summed E-state index contributed by atoms with van der Waals surface area (Å²) >= 11 is 5.46. The first-order valence-electron chi connectivity index (χ1n) is 7.66. The van der Waals surface area contributed by atoms with E-state index in [1.54, 1.807) is 0 Å². The zero-order valence-electron chi connectivity index (χ0n) is 13.3. The van der Waals surface area contributed by atoms with Crippen LogP contribution in [0.25, 0.3) is 0 Å². The van der Waals surface area contributed by atoms with Gasteiger partial charge in [-0.3, -0.25) is 0 Å². The number of thiocarbonyl (C=S) groups is 2. The molecule has 0 saturated carbocycles. The third-order valence-corrected chi connectivity index (χ3v) is 18.9. The summed E-state index contributed by atoms with van der Waals surface area (Å²) in [5, 5.41) is 5.30. The second-order valence-corrected chi connectivity index (χ2v) is 17.2. The third kappa shape index (κ3) is 2.83. The molecule has 0 aliphatic rings. The summed E-state index contributed by atoms with van der Waals surface area (Å²) in [7, 11) is 0. The molecule has 0 saturated heterocycles. The van der Waals surface area contributed by atoms with E-state index in [1.807, 2.05) is 91.0 Å². The molecule has 0 aliphatic carbocycles. The Kier molecular flexibility index (Phi) is 5.39. The Hall–Kier alpha value is -1.92. The minimum absolute atomic E-state index is 1.02. The summed E-state index contributed by atoms with van der Waals surface area (Å²) in [6.45, 7) is 0. The molecule has 0 N–H and O–H groups in total. The number of benzene rings is 3. The average molecular weight is 469 g/mol. The molecule has 122 valence electrons. The molecule has 0 atom stereocenters. The number of hydrogen-bond donors (Lipinski definition) is 0. The van der Waals surface area contributed by atoms with Crippen LogP contribution in [-0.2, 0) is 0 Å². The molecule has 0 aliphatic heterocycles. The van der Waals surface area contributed by atoms with Gasteiger partial charge in [0.1, 0.15) is 0 Å². The molecule has 0 spiro atoms. The SMILES string of the molecule is S=C=[N][Sb]([N]=C=S)([c]1ccccc1)([c]1ccccc1)[c]1ccccc1. The molecule has 3 aromatic rings. The van der Waals surface area contributed by atoms with Gasteiger partial charge in [-0.25, -0.2) is 0 Å². The quantitative estimate of drug-likeness (QED) is 0.326. The first-order chi connectivity index (χ1) is 12.3. The van der Waals surface area contributed by atoms with Crippen LogP contribution in [0.1, 0.15) is 0 Å². The average Bonchev–Trinajstić information content (AvgIpc) is 2.70. The van der Waals surface area contributed by atoms with Crippen LogP contribution in [0, 0.1) is 0 Å². The molecule has 0 amide bonds. The minimum atomic E-state index is -4.73. The van der Waals surface area contributed by atoms with Crippen molar-refractivity contribution in [2.24, 2.45) is 6.30 Å². The van der Waals surface area contributed by atoms with E-state index in [0.717, 1.165) is 10.5 Å². The number of nitrogens with zero attached hydrogens (tertiary/aromatic N) is 2. The van der Waals surface area contributed by atoms with Gasteiger partial charge in [0.25, 0.3) is 0 Å². The Morgan fingerprint density at radius 3 is 1.04 bits per heavy atom. The van der Waals surface area contributed by atoms with E-state index < -0.39 is 18.0 Å². The van der Waals surface area contributed by atoms with Gasteiger partial charge >= 0.3 is 161 Å². The topological polar surface area (TPSA) is 24.7 Å². The van der Waals surface area contributed by atoms with Crippen LogP contribution in [0.5, 0.6) is 0 Å². The van der Waals surface area contributed by atoms with Gasteiger partial charge in [-0.1, -0.05) is 0 Å². The maximum atomic E-state index is 5.10. The van der Waals surface area contributed by atoms with Gasteiger partial charge in [-0.2, -0.15) is 0 Å². The van der Waals surface area contributed by atoms with E-state index in [2.05, 4.69) is 10.3 Å². The molecule has 3 rings (SSSR count). The van der Waals surface area contributed by atoms with Crippen molar-refractivity contribution in [2.75, 3.05) is 0 Å². The van der Waals surface area contributed by atoms with Crippen molar-refractivity contribution >= 4 is 63.2 Å². The zero-order chi connectivity index (χ0) is 17.6. The number of rotatable bonds is 5. The Balaban J connectivity index is 2.63. The Morgan fingerprint density at radius 1 is 0.520 bits per heavy atom. The van der Waals surface area contributed by atoms with Gasteiger partial charge in [-0.15, -0.1) is 0 Å². The predicted octanol–water partition coefficient (Wildman–Crippen LogP) is 3.31. The molecular weight excluding hydrogens is 454 g/mol. The first-order valence-corrected chi connectivity index (χ1v) is 14.6. The fraction of sp³-hybridized carbons (Fsp3) is 0. The van der Waals surface area contributed by atoms with Gasteiger partial charge in [-0.05, 0) is 0 Å². The molecule has 0 radical (unpaired) electrons. The first kappa shape index (κ1) is 17.9. The molecule has 25 heavy (non-hydrogen) atoms. The Bertz CT molecular complexity index is 841. The van der Waals surface area contributed by atoms with Gasteiger partial charge in [0.05, 0.1) is 0 Å². The van der Waals surface area contributed by atoms with Gasteiger partial charge in [0.2, 0.25) is 0 Å². The molecule has 2 nitrogen and oxygen atoms in total. The van der Waals surface area contributed by atoms with Crippen LogP contribution in [-0.4, -0.2) is 28.3 Å². The van der Waals surface area contributed by atoms with E-state index >= 15 is 0 Å². The van der Waals surface area contributed by atoms with E-state index in [-0.39, 0.29) is 0 Å². The van der Waals surface area contributed by atoms with Crippen molar-refractivity contribution in [3.8, 4) is 0 Å². The van der Waals surface area contributed by atoms with Gasteiger partial charge in [0.15, 0.2) is 0 Å². The van der Waals surface area contributed by atoms with Crippen LogP contribution in [0.15, 0.2) is 97.3 Å². The van der Waals surface area contributed by atoms with Crippen molar-refractivity contribution in [3.63, 3.8) is 0 Å². The number of isothiocyanates is 2. The molecule has 0 fully saturated rings. The van der Waals surface area contributed by atoms with Crippen molar-refractivity contribution in [1.82, 2.24) is 0 Å². The summed E-state index contributed by atoms with van der Waals surface area (Å²) < 4.78 is 12.8. The van der Waals surface area contributed by atoms with Crippen molar-refractivity contribution < 1.29 is 0 Å². The van der Waals surface area contributed by atoms with Crippen molar-refractivity contribution in [1.29, 1.82) is 0 Å². The van der Waals surface area contributed by atoms with E-state index in [9.17, 15) is 0 Å². The normalized spacial score (nSPS) is 12.1. The second kappa shape index (κ2) is 7.54. The van der Waals surface area contributed by atoms with E-state index in [1.165, 1.54) is 0 Å². The van der Waals surface area contributed by atoms with Crippen LogP contribution in [0.2, 0.25) is 0 Å². The fourth-order valence-electron chi connectivity index (χ4n) is 3.11. The van der Waals surface area contributed by atoms with Crippen LogP contribution < -0.4 is 10.5 Å². The fourth-order valence-corrected chi connectivity index (χ4v) is 17.1. The third-order valence-electron chi connectivity index (χ3n) is 4.21. The second-order valence-electron chi connectivity index (χ2n) is 5.41. The molecule has 5 heteroatoms. The van der Waals surface area contributed by atoms with Gasteiger partial charge in [0, 0.05) is 0 Å². The van der Waals surface area contributed by atoms with Crippen molar-refractivity contribution in [2.45, 2.75) is 0 Å². The summed E-state index contributed by atoms with van der Waals surface area (Å²) in [6.07, 6.45) is 0. The summed E-state index contributed by atoms with van der Waals surface area (Å²) in [5.74, 6) is 0. The molecule has 0 bridgehead atoms. The predicted molar refractivity (Wildman–Crippen MR) is 114 cm³/mol. The van der Waals surface area contributed by atoms with Crippen LogP contribution in [0.4, 0.5) is 0 Å². The van der Waals surface area contributed by atoms with Crippen molar-refractivity contribution in [3.05, 3.63) is 91.0 Å². The van der Waals surface area contributed by atoms with Crippen LogP contribution in [0.3, 0.4) is 0 Å². The standard InChI is InChI=1S/3C6H5.2CNS.Sb/c3*1-2-4-6-5-3-1;2*2-1-3;/h3*1-5H;;;/q;;;2*-1;+2. The Labute approximate surface area is 159 Å². The van der Waals surface area contributed by atoms with Gasteiger partial charge < -0.3 is 0 Å². The zero-order valence-corrected chi connectivity index (χ0v) is 17.5. The molecule has 0 aromatic heterocycles. The molecular formula is C20H15N2S2Sb. The van der Waals surface area contributed by atoms with E-state index in [0.29, 0.717) is 0 Å². The Morgan fingerprint density at radius 2 is 0.800 bits per heavy atom. The number of hydrogen-bond acceptors (Lipinski definition) is 4. The summed E-state index contributed by atoms with van der Waals surface area (Å²) in [4.78, 5) is 0. The monoisotopic (exact) mass is 468 g/mol. The summed E-state index contributed by atoms with van der Waals surface area (Å²) in [5.41, 5.74) is 0. The van der Waals surface area contributed by atoms with Crippen LogP contribution >= 0.6 is 24.4 Å². The molecule has 0 heterocycles. The van der Waals surface area contributed by atoms with E-state index in [4.69, 9.17) is 30.7 Å². The molecule has 3 aromatic carbocycles. The molecule has 0 unspecified atom stereocenters.